The van der Waals surface area contributed by atoms with Gasteiger partial charge in [-0.15, -0.1) is 11.3 Å². The maximum absolute atomic E-state index is 13.0. The van der Waals surface area contributed by atoms with Gasteiger partial charge < -0.3 is 10.6 Å². The summed E-state index contributed by atoms with van der Waals surface area (Å²) < 4.78 is 27.5. The minimum Gasteiger partial charge on any atom is -0.383 e. The Balaban J connectivity index is 1.30. The molecule has 1 fully saturated rings. The monoisotopic (exact) mass is 489 g/mol. The number of nitrogen functional groups attached to an aromatic ring is 1. The summed E-state index contributed by atoms with van der Waals surface area (Å²) in [7, 11) is -3.49. The molecule has 3 aromatic rings. The molecule has 1 saturated heterocycles. The quantitative estimate of drug-likeness (QED) is 0.433. The van der Waals surface area contributed by atoms with Gasteiger partial charge >= 0.3 is 0 Å². The lowest BCUT2D eigenvalue weighted by molar-refractivity contribution is -0.116. The number of piperidine rings is 1. The fraction of sp³-hybridized carbons (Fsp3) is 0.381. The third-order valence-corrected chi connectivity index (χ3v) is 9.39. The first-order valence-electron chi connectivity index (χ1n) is 10.5. The molecule has 0 radical (unpaired) electrons. The number of anilines is 2. The SMILES string of the molecule is Nc1nc(SCC(=O)N2CCc3cc(S(=O)(=O)N4CCCCC4)ccc32)nc2sccc12. The largest absolute Gasteiger partial charge is 0.383 e. The number of nitrogens with zero attached hydrogens (tertiary/aromatic N) is 4. The molecule has 8 nitrogen and oxygen atoms in total. The molecule has 0 unspecified atom stereocenters. The van der Waals surface area contributed by atoms with Crippen molar-refractivity contribution in [1.29, 1.82) is 0 Å². The van der Waals surface area contributed by atoms with Crippen LogP contribution < -0.4 is 10.6 Å². The van der Waals surface area contributed by atoms with Gasteiger partial charge in [0.05, 0.1) is 16.0 Å². The predicted molar refractivity (Wildman–Crippen MR) is 128 cm³/mol. The zero-order valence-corrected chi connectivity index (χ0v) is 19.8. The number of carbonyl (C=O) groups excluding carboxylic acids is 1. The number of sulfonamides is 1. The highest BCUT2D eigenvalue weighted by Crippen LogP contribution is 2.33. The lowest BCUT2D eigenvalue weighted by Crippen LogP contribution is -2.35. The summed E-state index contributed by atoms with van der Waals surface area (Å²) in [5.41, 5.74) is 7.66. The van der Waals surface area contributed by atoms with Gasteiger partial charge in [-0.25, -0.2) is 18.4 Å². The Labute approximate surface area is 194 Å². The number of hydrogen-bond acceptors (Lipinski definition) is 8. The van der Waals surface area contributed by atoms with E-state index in [2.05, 4.69) is 9.97 Å². The van der Waals surface area contributed by atoms with E-state index in [1.54, 1.807) is 27.4 Å². The summed E-state index contributed by atoms with van der Waals surface area (Å²) in [6.07, 6.45) is 3.52. The number of thiophene rings is 1. The molecule has 2 N–H and O–H groups in total. The molecular formula is C21H23N5O3S3. The van der Waals surface area contributed by atoms with E-state index in [9.17, 15) is 13.2 Å². The average Bonchev–Trinajstić information content (AvgIpc) is 3.45. The highest BCUT2D eigenvalue weighted by molar-refractivity contribution is 7.99. The number of amides is 1. The standard InChI is InChI=1S/C21H23N5O3S3/c22-19-16-7-11-30-20(16)24-21(23-19)31-13-18(27)26-10-6-14-12-15(4-5-17(14)26)32(28,29)25-8-2-1-3-9-25/h4-5,7,11-12H,1-3,6,8-10,13H2,(H2,22,23,24). The third kappa shape index (κ3) is 3.98. The zero-order chi connectivity index (χ0) is 22.3. The Morgan fingerprint density at radius 1 is 1.12 bits per heavy atom. The maximum atomic E-state index is 13.0. The number of hydrogen-bond donors (Lipinski definition) is 1. The first kappa shape index (κ1) is 21.6. The molecule has 1 amide bonds. The summed E-state index contributed by atoms with van der Waals surface area (Å²) in [5, 5.41) is 3.22. The van der Waals surface area contributed by atoms with Gasteiger partial charge in [0.1, 0.15) is 10.6 Å². The van der Waals surface area contributed by atoms with Crippen LogP contribution in [-0.4, -0.2) is 54.0 Å². The van der Waals surface area contributed by atoms with Crippen molar-refractivity contribution < 1.29 is 13.2 Å². The first-order chi connectivity index (χ1) is 15.4. The molecule has 0 aliphatic carbocycles. The molecule has 2 aliphatic rings. The Bertz CT molecular complexity index is 1290. The number of benzene rings is 1. The van der Waals surface area contributed by atoms with Crippen LogP contribution in [0, 0.1) is 0 Å². The normalized spacial score (nSPS) is 17.1. The van der Waals surface area contributed by atoms with Crippen LogP contribution in [-0.2, 0) is 21.2 Å². The van der Waals surface area contributed by atoms with Gasteiger partial charge in [-0.05, 0) is 54.5 Å². The molecule has 5 rings (SSSR count). The van der Waals surface area contributed by atoms with Gasteiger partial charge in [0.15, 0.2) is 5.16 Å². The Morgan fingerprint density at radius 2 is 1.94 bits per heavy atom. The summed E-state index contributed by atoms with van der Waals surface area (Å²) in [6.45, 7) is 1.69. The van der Waals surface area contributed by atoms with Crippen molar-refractivity contribution in [3.8, 4) is 0 Å². The van der Waals surface area contributed by atoms with Gasteiger partial charge in [-0.2, -0.15) is 4.31 Å². The predicted octanol–water partition coefficient (Wildman–Crippen LogP) is 3.13. The van der Waals surface area contributed by atoms with Gasteiger partial charge in [0.2, 0.25) is 15.9 Å². The van der Waals surface area contributed by atoms with E-state index in [-0.39, 0.29) is 11.7 Å². The van der Waals surface area contributed by atoms with E-state index in [4.69, 9.17) is 5.73 Å². The third-order valence-electron chi connectivity index (χ3n) is 5.86. The van der Waals surface area contributed by atoms with E-state index < -0.39 is 10.0 Å². The van der Waals surface area contributed by atoms with E-state index in [1.807, 2.05) is 11.4 Å². The van der Waals surface area contributed by atoms with Crippen LogP contribution in [0.25, 0.3) is 10.2 Å². The van der Waals surface area contributed by atoms with Gasteiger partial charge in [-0.1, -0.05) is 18.2 Å². The van der Waals surface area contributed by atoms with Crippen LogP contribution in [0.5, 0.6) is 0 Å². The summed E-state index contributed by atoms with van der Waals surface area (Å²) in [6, 6.07) is 6.99. The molecule has 0 saturated carbocycles. The molecule has 4 heterocycles. The fourth-order valence-corrected chi connectivity index (χ4v) is 7.30. The molecular weight excluding hydrogens is 466 g/mol. The van der Waals surface area contributed by atoms with Gasteiger partial charge in [0.25, 0.3) is 0 Å². The highest BCUT2D eigenvalue weighted by atomic mass is 32.2. The van der Waals surface area contributed by atoms with Crippen LogP contribution in [0.2, 0.25) is 0 Å². The minimum absolute atomic E-state index is 0.0613. The first-order valence-corrected chi connectivity index (χ1v) is 13.8. The number of fused-ring (bicyclic) bond motifs is 2. The zero-order valence-electron chi connectivity index (χ0n) is 17.4. The van der Waals surface area contributed by atoms with E-state index in [0.717, 1.165) is 40.7 Å². The van der Waals surface area contributed by atoms with Gasteiger partial charge in [-0.3, -0.25) is 4.79 Å². The van der Waals surface area contributed by atoms with Crippen molar-refractivity contribution in [3.05, 3.63) is 35.2 Å². The van der Waals surface area contributed by atoms with E-state index in [0.29, 0.717) is 41.9 Å². The minimum atomic E-state index is -3.49. The summed E-state index contributed by atoms with van der Waals surface area (Å²) >= 11 is 2.75. The maximum Gasteiger partial charge on any atom is 0.243 e. The van der Waals surface area contributed by atoms with Crippen LogP contribution in [0.3, 0.4) is 0 Å². The molecule has 168 valence electrons. The van der Waals surface area contributed by atoms with Crippen molar-refractivity contribution in [2.45, 2.75) is 35.7 Å². The summed E-state index contributed by atoms with van der Waals surface area (Å²) in [4.78, 5) is 24.5. The number of carbonyl (C=O) groups is 1. The molecule has 2 aromatic heterocycles. The van der Waals surface area contributed by atoms with Gasteiger partial charge in [0, 0.05) is 25.3 Å². The van der Waals surface area contributed by atoms with Crippen LogP contribution in [0.15, 0.2) is 39.7 Å². The van der Waals surface area contributed by atoms with Crippen molar-refractivity contribution in [2.24, 2.45) is 0 Å². The lowest BCUT2D eigenvalue weighted by atomic mass is 10.2. The van der Waals surface area contributed by atoms with E-state index >= 15 is 0 Å². The molecule has 0 bridgehead atoms. The Kier molecular flexibility index (Phi) is 5.82. The molecule has 0 atom stereocenters. The van der Waals surface area contributed by atoms with E-state index in [1.165, 1.54) is 23.1 Å². The average molecular weight is 490 g/mol. The highest BCUT2D eigenvalue weighted by Gasteiger charge is 2.30. The van der Waals surface area contributed by atoms with Crippen molar-refractivity contribution in [2.75, 3.05) is 36.0 Å². The van der Waals surface area contributed by atoms with Crippen LogP contribution in [0.1, 0.15) is 24.8 Å². The number of aromatic nitrogens is 2. The van der Waals surface area contributed by atoms with Crippen molar-refractivity contribution >= 4 is 60.8 Å². The van der Waals surface area contributed by atoms with Crippen LogP contribution in [0.4, 0.5) is 11.5 Å². The Hall–Kier alpha value is -2.21. The molecule has 1 aromatic carbocycles. The summed E-state index contributed by atoms with van der Waals surface area (Å²) in [5.74, 6) is 0.540. The number of rotatable bonds is 5. The topological polar surface area (TPSA) is 109 Å². The molecule has 2 aliphatic heterocycles. The number of thioether (sulfide) groups is 1. The van der Waals surface area contributed by atoms with Crippen LogP contribution >= 0.6 is 23.1 Å². The second kappa shape index (κ2) is 8.62. The Morgan fingerprint density at radius 3 is 2.75 bits per heavy atom. The second-order valence-corrected chi connectivity index (χ2v) is 11.6. The van der Waals surface area contributed by atoms with Crippen molar-refractivity contribution in [3.63, 3.8) is 0 Å². The fourth-order valence-electron chi connectivity index (χ4n) is 4.18. The second-order valence-electron chi connectivity index (χ2n) is 7.87. The smallest absolute Gasteiger partial charge is 0.243 e. The molecule has 0 spiro atoms. The molecule has 11 heteroatoms. The molecule has 32 heavy (non-hydrogen) atoms. The lowest BCUT2D eigenvalue weighted by Gasteiger charge is -2.26. The number of nitrogens with two attached hydrogens (primary N) is 1. The van der Waals surface area contributed by atoms with Crippen molar-refractivity contribution in [1.82, 2.24) is 14.3 Å².